The molecule has 2 heterocycles. The molecule has 2 fully saturated rings. The lowest BCUT2D eigenvalue weighted by Crippen LogP contribution is -2.49. The number of likely N-dealkylation sites (tertiary alicyclic amines) is 1. The highest BCUT2D eigenvalue weighted by atomic mass is 16.5. The van der Waals surface area contributed by atoms with Crippen LogP contribution in [0.3, 0.4) is 0 Å². The van der Waals surface area contributed by atoms with Gasteiger partial charge in [-0.15, -0.1) is 0 Å². The number of ether oxygens (including phenoxy) is 2. The summed E-state index contributed by atoms with van der Waals surface area (Å²) in [4.78, 5) is 43.3. The highest BCUT2D eigenvalue weighted by molar-refractivity contribution is 6.01. The molecule has 9 nitrogen and oxygen atoms in total. The fraction of sp³-hybridized carbons (Fsp3) is 0.520. The Kier molecular flexibility index (Phi) is 7.17. The molecule has 1 saturated heterocycles. The Morgan fingerprint density at radius 1 is 1.38 bits per heavy atom. The number of rotatable bonds is 8. The predicted octanol–water partition coefficient (Wildman–Crippen LogP) is 2.56. The third-order valence-electron chi connectivity index (χ3n) is 6.73. The second-order valence-corrected chi connectivity index (χ2v) is 8.87. The Hall–Kier alpha value is -3.38. The Balaban J connectivity index is 1.53. The summed E-state index contributed by atoms with van der Waals surface area (Å²) in [6, 6.07) is 7.79. The number of fused-ring (bicyclic) bond motifs is 1. The molecule has 2 aliphatic rings. The summed E-state index contributed by atoms with van der Waals surface area (Å²) < 4.78 is 11.1. The van der Waals surface area contributed by atoms with Crippen LogP contribution in [0.25, 0.3) is 10.9 Å². The molecule has 34 heavy (non-hydrogen) atoms. The minimum Gasteiger partial charge on any atom is -0.496 e. The van der Waals surface area contributed by atoms with Gasteiger partial charge in [-0.2, -0.15) is 5.26 Å². The van der Waals surface area contributed by atoms with Gasteiger partial charge in [0.05, 0.1) is 19.3 Å². The van der Waals surface area contributed by atoms with E-state index in [1.165, 1.54) is 4.90 Å². The topological polar surface area (TPSA) is 125 Å². The number of carbonyl (C=O) groups excluding carboxylic acids is 3. The van der Waals surface area contributed by atoms with Crippen molar-refractivity contribution in [3.05, 3.63) is 30.0 Å². The van der Waals surface area contributed by atoms with Crippen LogP contribution in [0.4, 0.5) is 0 Å². The first-order valence-corrected chi connectivity index (χ1v) is 11.8. The van der Waals surface area contributed by atoms with Gasteiger partial charge in [0.2, 0.25) is 5.91 Å². The van der Waals surface area contributed by atoms with Crippen LogP contribution in [0.1, 0.15) is 49.5 Å². The first kappa shape index (κ1) is 23.8. The van der Waals surface area contributed by atoms with E-state index in [0.29, 0.717) is 37.3 Å². The highest BCUT2D eigenvalue weighted by Crippen LogP contribution is 2.29. The molecule has 0 radical (unpaired) electrons. The number of H-pyrrole nitrogens is 1. The summed E-state index contributed by atoms with van der Waals surface area (Å²) in [5.41, 5.74) is 1.11. The molecule has 0 spiro atoms. The Labute approximate surface area is 198 Å². The summed E-state index contributed by atoms with van der Waals surface area (Å²) >= 11 is 0. The van der Waals surface area contributed by atoms with Crippen LogP contribution in [-0.2, 0) is 14.3 Å². The smallest absolute Gasteiger partial charge is 0.271 e. The molecule has 0 bridgehead atoms. The van der Waals surface area contributed by atoms with Gasteiger partial charge in [-0.05, 0) is 44.4 Å². The molecule has 180 valence electrons. The number of methoxy groups -OCH3 is 1. The van der Waals surface area contributed by atoms with Crippen molar-refractivity contribution in [2.75, 3.05) is 20.3 Å². The largest absolute Gasteiger partial charge is 0.496 e. The minimum absolute atomic E-state index is 0.151. The van der Waals surface area contributed by atoms with Gasteiger partial charge in [0, 0.05) is 42.8 Å². The van der Waals surface area contributed by atoms with Gasteiger partial charge in [-0.1, -0.05) is 6.07 Å². The lowest BCUT2D eigenvalue weighted by molar-refractivity contribution is -0.126. The SMILES string of the molecule is CCOC1CC(C(=O)NC(C#N)CC2CCCC2=O)N(C(=O)c2cc3c(OC)cccc3[nH]2)C1. The van der Waals surface area contributed by atoms with Crippen molar-refractivity contribution in [2.24, 2.45) is 5.92 Å². The fourth-order valence-corrected chi connectivity index (χ4v) is 5.04. The van der Waals surface area contributed by atoms with Crippen molar-refractivity contribution >= 4 is 28.5 Å². The number of hydrogen-bond donors (Lipinski definition) is 2. The molecule has 1 aliphatic carbocycles. The van der Waals surface area contributed by atoms with E-state index in [2.05, 4.69) is 16.4 Å². The van der Waals surface area contributed by atoms with E-state index in [-0.39, 0.29) is 30.3 Å². The molecule has 4 unspecified atom stereocenters. The average molecular weight is 467 g/mol. The second kappa shape index (κ2) is 10.3. The monoisotopic (exact) mass is 466 g/mol. The standard InChI is InChI=1S/C25H30N4O5/c1-3-34-17-11-21(24(31)27-16(13-26)10-15-6-4-8-22(15)30)29(14-17)25(32)20-12-18-19(28-20)7-5-9-23(18)33-2/h5,7,9,12,15-17,21,28H,3-4,6,8,10-11,14H2,1-2H3,(H,27,31). The summed E-state index contributed by atoms with van der Waals surface area (Å²) in [5, 5.41) is 13.1. The molecule has 2 amide bonds. The molecule has 2 N–H and O–H groups in total. The van der Waals surface area contributed by atoms with E-state index in [9.17, 15) is 19.6 Å². The number of ketones is 1. The molecule has 2 aromatic rings. The number of hydrogen-bond acceptors (Lipinski definition) is 6. The van der Waals surface area contributed by atoms with Crippen molar-refractivity contribution in [1.29, 1.82) is 5.26 Å². The maximum Gasteiger partial charge on any atom is 0.271 e. The molecule has 1 aromatic heterocycles. The van der Waals surface area contributed by atoms with Crippen LogP contribution in [0.15, 0.2) is 24.3 Å². The number of nitriles is 1. The molecule has 1 aliphatic heterocycles. The van der Waals surface area contributed by atoms with Crippen molar-refractivity contribution in [2.45, 2.75) is 57.2 Å². The quantitative estimate of drug-likeness (QED) is 0.616. The maximum absolute atomic E-state index is 13.5. The van der Waals surface area contributed by atoms with E-state index in [1.807, 2.05) is 25.1 Å². The summed E-state index contributed by atoms with van der Waals surface area (Å²) in [6.45, 7) is 2.61. The Bertz CT molecular complexity index is 1120. The second-order valence-electron chi connectivity index (χ2n) is 8.87. The number of benzene rings is 1. The lowest BCUT2D eigenvalue weighted by atomic mass is 9.98. The molecule has 1 saturated carbocycles. The van der Waals surface area contributed by atoms with E-state index in [4.69, 9.17) is 9.47 Å². The van der Waals surface area contributed by atoms with Gasteiger partial charge in [-0.3, -0.25) is 14.4 Å². The number of nitrogens with one attached hydrogen (secondary N) is 2. The summed E-state index contributed by atoms with van der Waals surface area (Å²) in [7, 11) is 1.57. The predicted molar refractivity (Wildman–Crippen MR) is 124 cm³/mol. The maximum atomic E-state index is 13.5. The normalized spacial score (nSPS) is 23.1. The molecule has 4 atom stereocenters. The van der Waals surface area contributed by atoms with Gasteiger partial charge in [0.1, 0.15) is 29.3 Å². The summed E-state index contributed by atoms with van der Waals surface area (Å²) in [5.74, 6) is -0.114. The number of amides is 2. The van der Waals surface area contributed by atoms with Crippen molar-refractivity contribution in [1.82, 2.24) is 15.2 Å². The molecule has 9 heteroatoms. The minimum atomic E-state index is -0.778. The van der Waals surface area contributed by atoms with Crippen molar-refractivity contribution < 1.29 is 23.9 Å². The van der Waals surface area contributed by atoms with Gasteiger partial charge < -0.3 is 24.7 Å². The Morgan fingerprint density at radius 2 is 2.21 bits per heavy atom. The van der Waals surface area contributed by atoms with Gasteiger partial charge >= 0.3 is 0 Å². The average Bonchev–Trinajstić information content (AvgIpc) is 3.56. The van der Waals surface area contributed by atoms with Crippen LogP contribution < -0.4 is 10.1 Å². The number of aromatic nitrogens is 1. The fourth-order valence-electron chi connectivity index (χ4n) is 5.04. The van der Waals surface area contributed by atoms with Crippen LogP contribution in [-0.4, -0.2) is 65.9 Å². The molecule has 1 aromatic carbocycles. The van der Waals surface area contributed by atoms with Crippen LogP contribution in [0.5, 0.6) is 5.75 Å². The summed E-state index contributed by atoms with van der Waals surface area (Å²) in [6.07, 6.45) is 2.48. The van der Waals surface area contributed by atoms with E-state index >= 15 is 0 Å². The van der Waals surface area contributed by atoms with Crippen LogP contribution in [0.2, 0.25) is 0 Å². The van der Waals surface area contributed by atoms with Crippen molar-refractivity contribution in [3.8, 4) is 11.8 Å². The molecular formula is C25H30N4O5. The first-order chi connectivity index (χ1) is 16.4. The zero-order chi connectivity index (χ0) is 24.2. The highest BCUT2D eigenvalue weighted by Gasteiger charge is 2.41. The van der Waals surface area contributed by atoms with E-state index in [0.717, 1.165) is 23.7 Å². The molecular weight excluding hydrogens is 436 g/mol. The zero-order valence-electron chi connectivity index (χ0n) is 19.5. The Morgan fingerprint density at radius 3 is 2.88 bits per heavy atom. The third kappa shape index (κ3) is 4.77. The molecule has 4 rings (SSSR count). The van der Waals surface area contributed by atoms with Crippen LogP contribution >= 0.6 is 0 Å². The van der Waals surface area contributed by atoms with E-state index < -0.39 is 18.0 Å². The third-order valence-corrected chi connectivity index (χ3v) is 6.73. The van der Waals surface area contributed by atoms with E-state index in [1.54, 1.807) is 13.2 Å². The number of nitrogens with zero attached hydrogens (tertiary/aromatic N) is 2. The van der Waals surface area contributed by atoms with Gasteiger partial charge in [0.25, 0.3) is 5.91 Å². The van der Waals surface area contributed by atoms with Crippen molar-refractivity contribution in [3.63, 3.8) is 0 Å². The first-order valence-electron chi connectivity index (χ1n) is 11.8. The number of carbonyl (C=O) groups is 3. The lowest BCUT2D eigenvalue weighted by Gasteiger charge is -2.24. The zero-order valence-corrected chi connectivity index (χ0v) is 19.5. The van der Waals surface area contributed by atoms with Crippen LogP contribution in [0, 0.1) is 17.2 Å². The number of aromatic amines is 1. The van der Waals surface area contributed by atoms with Gasteiger partial charge in [0.15, 0.2) is 0 Å². The number of Topliss-reactive ketones (excluding diaryl/α,β-unsaturated/α-hetero) is 1. The van der Waals surface area contributed by atoms with Gasteiger partial charge in [-0.25, -0.2) is 0 Å².